The minimum atomic E-state index is -2.97. The highest BCUT2D eigenvalue weighted by Gasteiger charge is 2.26. The van der Waals surface area contributed by atoms with Crippen molar-refractivity contribution in [2.45, 2.75) is 12.5 Å². The Kier molecular flexibility index (Phi) is 4.37. The van der Waals surface area contributed by atoms with E-state index in [1.807, 2.05) is 0 Å². The predicted octanol–water partition coefficient (Wildman–Crippen LogP) is 0.455. The maximum absolute atomic E-state index is 11.1. The summed E-state index contributed by atoms with van der Waals surface area (Å²) in [6, 6.07) is 5.11. The van der Waals surface area contributed by atoms with Gasteiger partial charge in [0.25, 0.3) is 0 Å². The number of carbonyl (C=O) groups excluding carboxylic acids is 1. The number of phenolic OH excluding ortho intramolecular Hbond substituents is 1. The average molecular weight is 244 g/mol. The first-order valence-corrected chi connectivity index (χ1v) is 5.53. The first-order valence-electron chi connectivity index (χ1n) is 4.40. The van der Waals surface area contributed by atoms with E-state index in [4.69, 9.17) is 15.7 Å². The zero-order valence-electron chi connectivity index (χ0n) is 8.24. The Morgan fingerprint density at radius 1 is 1.44 bits per heavy atom. The lowest BCUT2D eigenvalue weighted by molar-refractivity contribution is -0.135. The van der Waals surface area contributed by atoms with Crippen LogP contribution in [0.5, 0.6) is 5.75 Å². The second-order valence-electron chi connectivity index (χ2n) is 3.13. The zero-order valence-corrected chi connectivity index (χ0v) is 9.13. The number of nitrogens with two attached hydrogens (primary N) is 1. The van der Waals surface area contributed by atoms with Gasteiger partial charge in [0.1, 0.15) is 11.8 Å². The summed E-state index contributed by atoms with van der Waals surface area (Å²) in [7, 11) is -2.97. The van der Waals surface area contributed by atoms with Gasteiger partial charge in [-0.25, -0.2) is 4.79 Å². The minimum Gasteiger partial charge on any atom is -0.508 e. The quantitative estimate of drug-likeness (QED) is 0.663. The summed E-state index contributed by atoms with van der Waals surface area (Å²) in [5.41, 5.74) is 6.18. The summed E-state index contributed by atoms with van der Waals surface area (Å²) in [6.07, 6.45) is 0.169. The molecular formula is C9H11NO5P+. The topological polar surface area (TPSA) is 110 Å². The van der Waals surface area contributed by atoms with Crippen molar-refractivity contribution in [2.24, 2.45) is 5.73 Å². The lowest BCUT2D eigenvalue weighted by atomic mass is 10.1. The van der Waals surface area contributed by atoms with Gasteiger partial charge in [-0.3, -0.25) is 0 Å². The Morgan fingerprint density at radius 3 is 2.50 bits per heavy atom. The fourth-order valence-corrected chi connectivity index (χ4v) is 1.40. The molecule has 0 heterocycles. The van der Waals surface area contributed by atoms with E-state index in [1.165, 1.54) is 12.1 Å². The van der Waals surface area contributed by atoms with Crippen LogP contribution in [-0.2, 0) is 20.3 Å². The van der Waals surface area contributed by atoms with Gasteiger partial charge in [0.05, 0.1) is 0 Å². The highest BCUT2D eigenvalue weighted by Crippen LogP contribution is 2.17. The summed E-state index contributed by atoms with van der Waals surface area (Å²) in [4.78, 5) is 19.4. The van der Waals surface area contributed by atoms with Gasteiger partial charge in [-0.05, 0) is 24.1 Å². The fourth-order valence-electron chi connectivity index (χ4n) is 1.11. The summed E-state index contributed by atoms with van der Waals surface area (Å²) in [6.45, 7) is 0. The smallest absolute Gasteiger partial charge is 0.508 e. The molecule has 0 saturated heterocycles. The number of hydrogen-bond acceptors (Lipinski definition) is 5. The third-order valence-electron chi connectivity index (χ3n) is 1.86. The van der Waals surface area contributed by atoms with Crippen LogP contribution in [0.1, 0.15) is 5.56 Å². The molecule has 4 N–H and O–H groups in total. The lowest BCUT2D eigenvalue weighted by Gasteiger charge is -2.05. The number of rotatable bonds is 4. The van der Waals surface area contributed by atoms with Gasteiger partial charge in [0.15, 0.2) is 0 Å². The predicted molar refractivity (Wildman–Crippen MR) is 55.7 cm³/mol. The molecule has 16 heavy (non-hydrogen) atoms. The van der Waals surface area contributed by atoms with E-state index in [1.54, 1.807) is 12.1 Å². The molecule has 0 saturated carbocycles. The normalized spacial score (nSPS) is 13.0. The summed E-state index contributed by atoms with van der Waals surface area (Å²) < 4.78 is 14.3. The molecule has 0 bridgehead atoms. The molecule has 0 radical (unpaired) electrons. The Balaban J connectivity index is 2.57. The third kappa shape index (κ3) is 3.94. The number of hydrogen-bond donors (Lipinski definition) is 3. The average Bonchev–Trinajstić information content (AvgIpc) is 2.20. The van der Waals surface area contributed by atoms with Gasteiger partial charge < -0.3 is 10.8 Å². The van der Waals surface area contributed by atoms with Crippen molar-refractivity contribution in [3.8, 4) is 5.75 Å². The Hall–Kier alpha value is -1.49. The molecule has 0 aromatic heterocycles. The third-order valence-corrected chi connectivity index (χ3v) is 2.20. The summed E-state index contributed by atoms with van der Waals surface area (Å²) in [5, 5.41) is 9.02. The molecule has 1 unspecified atom stereocenters. The molecule has 0 aliphatic heterocycles. The molecule has 1 aromatic carbocycles. The van der Waals surface area contributed by atoms with Crippen molar-refractivity contribution in [1.82, 2.24) is 0 Å². The van der Waals surface area contributed by atoms with Crippen LogP contribution in [0, 0.1) is 0 Å². The summed E-state index contributed by atoms with van der Waals surface area (Å²) in [5.74, 6) is -0.824. The molecule has 86 valence electrons. The molecule has 6 nitrogen and oxygen atoms in total. The van der Waals surface area contributed by atoms with Crippen LogP contribution in [0.2, 0.25) is 0 Å². The van der Waals surface area contributed by atoms with Crippen LogP contribution in [0.3, 0.4) is 0 Å². The van der Waals surface area contributed by atoms with Crippen molar-refractivity contribution >= 4 is 14.2 Å². The van der Waals surface area contributed by atoms with Gasteiger partial charge in [0, 0.05) is 4.57 Å². The molecular weight excluding hydrogens is 233 g/mol. The van der Waals surface area contributed by atoms with E-state index >= 15 is 0 Å². The van der Waals surface area contributed by atoms with Crippen LogP contribution in [0.25, 0.3) is 0 Å². The number of aromatic hydroxyl groups is 1. The Bertz CT molecular complexity index is 391. The standard InChI is InChI=1S/C9H10NO5P/c10-8(9(12)15-16(13)14)5-6-1-3-7(11)4-2-6/h1-4,8H,5,10H2,(H-,11,13,14)/p+1/t8-/m0/s1. The lowest BCUT2D eigenvalue weighted by Crippen LogP contribution is -2.33. The van der Waals surface area contributed by atoms with E-state index in [0.29, 0.717) is 0 Å². The first kappa shape index (κ1) is 12.6. The molecule has 0 fully saturated rings. The number of phenols is 1. The Morgan fingerprint density at radius 2 is 2.00 bits per heavy atom. The van der Waals surface area contributed by atoms with Crippen molar-refractivity contribution in [2.75, 3.05) is 0 Å². The van der Waals surface area contributed by atoms with Gasteiger partial charge in [-0.1, -0.05) is 12.1 Å². The SMILES string of the molecule is N[C@@H](Cc1ccc(O)cc1)C(=O)O[P+](=O)O. The highest BCUT2D eigenvalue weighted by atomic mass is 31.1. The fraction of sp³-hybridized carbons (Fsp3) is 0.222. The molecule has 1 aromatic rings. The number of carbonyl (C=O) groups is 1. The molecule has 2 atom stereocenters. The second-order valence-corrected chi connectivity index (χ2v) is 3.78. The van der Waals surface area contributed by atoms with Crippen LogP contribution in [-0.4, -0.2) is 22.0 Å². The Labute approximate surface area is 92.6 Å². The van der Waals surface area contributed by atoms with Gasteiger partial charge in [-0.15, -0.1) is 4.89 Å². The van der Waals surface area contributed by atoms with Crippen LogP contribution in [0.4, 0.5) is 0 Å². The first-order chi connectivity index (χ1) is 7.49. The van der Waals surface area contributed by atoms with Gasteiger partial charge in [-0.2, -0.15) is 4.52 Å². The van der Waals surface area contributed by atoms with Gasteiger partial charge in [0.2, 0.25) is 0 Å². The van der Waals surface area contributed by atoms with E-state index in [0.717, 1.165) is 5.56 Å². The van der Waals surface area contributed by atoms with Crippen LogP contribution < -0.4 is 5.73 Å². The maximum atomic E-state index is 11.1. The number of benzene rings is 1. The van der Waals surface area contributed by atoms with E-state index in [-0.39, 0.29) is 12.2 Å². The van der Waals surface area contributed by atoms with Crippen molar-refractivity contribution in [3.05, 3.63) is 29.8 Å². The molecule has 0 amide bonds. The summed E-state index contributed by atoms with van der Waals surface area (Å²) >= 11 is 0. The molecule has 7 heteroatoms. The largest absolute Gasteiger partial charge is 0.750 e. The van der Waals surface area contributed by atoms with E-state index in [9.17, 15) is 9.36 Å². The monoisotopic (exact) mass is 244 g/mol. The van der Waals surface area contributed by atoms with Gasteiger partial charge >= 0.3 is 14.2 Å². The van der Waals surface area contributed by atoms with Crippen LogP contribution in [0.15, 0.2) is 24.3 Å². The molecule has 1 rings (SSSR count). The van der Waals surface area contributed by atoms with E-state index < -0.39 is 20.3 Å². The molecule has 0 spiro atoms. The molecule has 0 aliphatic carbocycles. The van der Waals surface area contributed by atoms with Crippen molar-refractivity contribution in [3.63, 3.8) is 0 Å². The van der Waals surface area contributed by atoms with Crippen LogP contribution >= 0.6 is 8.25 Å². The van der Waals surface area contributed by atoms with Crippen molar-refractivity contribution < 1.29 is 23.9 Å². The minimum absolute atomic E-state index is 0.110. The highest BCUT2D eigenvalue weighted by molar-refractivity contribution is 7.32. The van der Waals surface area contributed by atoms with Crippen molar-refractivity contribution in [1.29, 1.82) is 0 Å². The maximum Gasteiger partial charge on any atom is 0.750 e. The second kappa shape index (κ2) is 5.55. The molecule has 0 aliphatic rings. The van der Waals surface area contributed by atoms with E-state index in [2.05, 4.69) is 4.52 Å². The zero-order chi connectivity index (χ0) is 12.1.